The Balaban J connectivity index is 1.67. The van der Waals surface area contributed by atoms with Crippen molar-refractivity contribution in [1.82, 2.24) is 5.32 Å². The number of hydrogen-bond acceptors (Lipinski definition) is 3. The molecule has 2 aliphatic heterocycles. The molecule has 1 fully saturated rings. The largest absolute Gasteiger partial charge is 0.493 e. The van der Waals surface area contributed by atoms with Gasteiger partial charge in [0, 0.05) is 35.6 Å². The average molecular weight is 259 g/mol. The molecule has 1 aliphatic carbocycles. The molecule has 1 aromatic rings. The maximum atomic E-state index is 12.1. The van der Waals surface area contributed by atoms with Gasteiger partial charge in [-0.05, 0) is 18.9 Å². The molecule has 0 radical (unpaired) electrons. The summed E-state index contributed by atoms with van der Waals surface area (Å²) in [4.78, 5) is 12.1. The van der Waals surface area contributed by atoms with Crippen LogP contribution in [-0.2, 0) is 24.1 Å². The van der Waals surface area contributed by atoms with E-state index in [0.29, 0.717) is 12.5 Å². The van der Waals surface area contributed by atoms with Gasteiger partial charge >= 0.3 is 0 Å². The van der Waals surface area contributed by atoms with E-state index in [1.165, 1.54) is 11.1 Å². The Labute approximate surface area is 112 Å². The summed E-state index contributed by atoms with van der Waals surface area (Å²) in [7, 11) is 0. The minimum atomic E-state index is 0.112. The molecular formula is C15H17NO3. The summed E-state index contributed by atoms with van der Waals surface area (Å²) in [6.07, 6.45) is 4.47. The van der Waals surface area contributed by atoms with Gasteiger partial charge in [-0.25, -0.2) is 0 Å². The Bertz CT molecular complexity index is 517. The van der Waals surface area contributed by atoms with Crippen LogP contribution in [0.4, 0.5) is 0 Å². The smallest absolute Gasteiger partial charge is 0.224 e. The molecule has 0 aromatic heterocycles. The zero-order valence-corrected chi connectivity index (χ0v) is 10.8. The Hall–Kier alpha value is -1.71. The lowest BCUT2D eigenvalue weighted by atomic mass is 9.97. The van der Waals surface area contributed by atoms with Gasteiger partial charge in [-0.1, -0.05) is 0 Å². The highest BCUT2D eigenvalue weighted by Gasteiger charge is 2.29. The fourth-order valence-corrected chi connectivity index (χ4v) is 2.94. The van der Waals surface area contributed by atoms with E-state index in [1.807, 2.05) is 0 Å². The molecule has 0 unspecified atom stereocenters. The van der Waals surface area contributed by atoms with Gasteiger partial charge in [0.1, 0.15) is 11.5 Å². The quantitative estimate of drug-likeness (QED) is 0.892. The van der Waals surface area contributed by atoms with E-state index in [4.69, 9.17) is 9.47 Å². The second-order valence-electron chi connectivity index (χ2n) is 5.54. The van der Waals surface area contributed by atoms with Gasteiger partial charge in [0.25, 0.3) is 0 Å². The number of carbonyl (C=O) groups is 1. The van der Waals surface area contributed by atoms with E-state index in [0.717, 1.165) is 56.0 Å². The zero-order chi connectivity index (χ0) is 12.8. The van der Waals surface area contributed by atoms with Crippen molar-refractivity contribution in [3.8, 4) is 11.5 Å². The predicted octanol–water partition coefficient (Wildman–Crippen LogP) is 1.38. The fourth-order valence-electron chi connectivity index (χ4n) is 2.94. The second-order valence-corrected chi connectivity index (χ2v) is 5.54. The molecule has 19 heavy (non-hydrogen) atoms. The Morgan fingerprint density at radius 2 is 2.11 bits per heavy atom. The number of benzene rings is 1. The van der Waals surface area contributed by atoms with Crippen LogP contribution in [0.1, 0.15) is 29.5 Å². The van der Waals surface area contributed by atoms with Gasteiger partial charge in [0.05, 0.1) is 19.6 Å². The van der Waals surface area contributed by atoms with Crippen molar-refractivity contribution < 1.29 is 14.3 Å². The van der Waals surface area contributed by atoms with E-state index in [9.17, 15) is 4.79 Å². The highest BCUT2D eigenvalue weighted by atomic mass is 16.5. The summed E-state index contributed by atoms with van der Waals surface area (Å²) in [5, 5.41) is 3.05. The molecule has 0 saturated heterocycles. The van der Waals surface area contributed by atoms with E-state index in [1.54, 1.807) is 0 Å². The Morgan fingerprint density at radius 3 is 2.95 bits per heavy atom. The lowest BCUT2D eigenvalue weighted by Gasteiger charge is -2.12. The molecule has 4 heteroatoms. The number of hydrogen-bond donors (Lipinski definition) is 1. The minimum Gasteiger partial charge on any atom is -0.493 e. The third-order valence-electron chi connectivity index (χ3n) is 4.04. The minimum absolute atomic E-state index is 0.112. The van der Waals surface area contributed by atoms with Gasteiger partial charge in [-0.15, -0.1) is 0 Å². The topological polar surface area (TPSA) is 47.6 Å². The maximum Gasteiger partial charge on any atom is 0.224 e. The molecule has 4 rings (SSSR count). The van der Waals surface area contributed by atoms with Gasteiger partial charge in [0.15, 0.2) is 0 Å². The number of rotatable bonds is 3. The molecule has 1 N–H and O–H groups in total. The number of ether oxygens (including phenoxy) is 2. The van der Waals surface area contributed by atoms with Gasteiger partial charge in [-0.2, -0.15) is 0 Å². The van der Waals surface area contributed by atoms with Gasteiger partial charge in [0.2, 0.25) is 5.91 Å². The number of carbonyl (C=O) groups excluding carboxylic acids is 1. The van der Waals surface area contributed by atoms with Gasteiger partial charge in [-0.3, -0.25) is 4.79 Å². The highest BCUT2D eigenvalue weighted by molar-refractivity contribution is 5.81. The average Bonchev–Trinajstić information content (AvgIpc) is 2.92. The molecule has 0 spiro atoms. The van der Waals surface area contributed by atoms with Crippen molar-refractivity contribution in [2.24, 2.45) is 0 Å². The monoisotopic (exact) mass is 259 g/mol. The summed E-state index contributed by atoms with van der Waals surface area (Å²) in [5.41, 5.74) is 3.42. The SMILES string of the molecule is O=C(Cc1c2c(cc3c1OCC3)OCC2)NC1CC1. The Morgan fingerprint density at radius 1 is 1.26 bits per heavy atom. The van der Waals surface area contributed by atoms with Crippen LogP contribution in [0.5, 0.6) is 11.5 Å². The van der Waals surface area contributed by atoms with Crippen LogP contribution in [0.15, 0.2) is 6.07 Å². The number of amides is 1. The molecule has 3 aliphatic rings. The predicted molar refractivity (Wildman–Crippen MR) is 69.7 cm³/mol. The Kier molecular flexibility index (Phi) is 2.43. The summed E-state index contributed by atoms with van der Waals surface area (Å²) in [5.74, 6) is 2.01. The summed E-state index contributed by atoms with van der Waals surface area (Å²) < 4.78 is 11.4. The van der Waals surface area contributed by atoms with Crippen LogP contribution in [-0.4, -0.2) is 25.2 Å². The number of nitrogens with one attached hydrogen (secondary N) is 1. The molecule has 1 amide bonds. The van der Waals surface area contributed by atoms with Crippen LogP contribution >= 0.6 is 0 Å². The van der Waals surface area contributed by atoms with E-state index < -0.39 is 0 Å². The summed E-state index contributed by atoms with van der Waals surface area (Å²) in [6.45, 7) is 1.44. The fraction of sp³-hybridized carbons (Fsp3) is 0.533. The summed E-state index contributed by atoms with van der Waals surface area (Å²) >= 11 is 0. The van der Waals surface area contributed by atoms with Crippen molar-refractivity contribution in [1.29, 1.82) is 0 Å². The van der Waals surface area contributed by atoms with E-state index in [2.05, 4.69) is 11.4 Å². The van der Waals surface area contributed by atoms with E-state index in [-0.39, 0.29) is 5.91 Å². The molecule has 0 atom stereocenters. The van der Waals surface area contributed by atoms with Crippen LogP contribution < -0.4 is 14.8 Å². The molecule has 2 heterocycles. The third-order valence-corrected chi connectivity index (χ3v) is 4.04. The molecule has 100 valence electrons. The van der Waals surface area contributed by atoms with Crippen LogP contribution in [0.2, 0.25) is 0 Å². The lowest BCUT2D eigenvalue weighted by molar-refractivity contribution is -0.120. The lowest BCUT2D eigenvalue weighted by Crippen LogP contribution is -2.27. The zero-order valence-electron chi connectivity index (χ0n) is 10.8. The second kappa shape index (κ2) is 4.15. The first-order chi connectivity index (χ1) is 9.31. The maximum absolute atomic E-state index is 12.1. The third kappa shape index (κ3) is 1.95. The summed E-state index contributed by atoms with van der Waals surface area (Å²) in [6, 6.07) is 2.50. The normalized spacial score (nSPS) is 19.4. The molecular weight excluding hydrogens is 242 g/mol. The van der Waals surface area contributed by atoms with Crippen molar-refractivity contribution in [3.05, 3.63) is 22.8 Å². The first kappa shape index (κ1) is 11.1. The van der Waals surface area contributed by atoms with Crippen molar-refractivity contribution in [2.45, 2.75) is 38.1 Å². The van der Waals surface area contributed by atoms with Crippen molar-refractivity contribution >= 4 is 5.91 Å². The van der Waals surface area contributed by atoms with Crippen LogP contribution in [0, 0.1) is 0 Å². The molecule has 0 bridgehead atoms. The standard InChI is InChI=1S/C15H17NO3/c17-14(16-10-1-2-10)8-12-11-4-6-18-13(11)7-9-3-5-19-15(9)12/h7,10H,1-6,8H2,(H,16,17). The van der Waals surface area contributed by atoms with Gasteiger partial charge < -0.3 is 14.8 Å². The van der Waals surface area contributed by atoms with Crippen molar-refractivity contribution in [2.75, 3.05) is 13.2 Å². The van der Waals surface area contributed by atoms with E-state index >= 15 is 0 Å². The molecule has 1 aromatic carbocycles. The van der Waals surface area contributed by atoms with Crippen LogP contribution in [0.3, 0.4) is 0 Å². The molecule has 4 nitrogen and oxygen atoms in total. The first-order valence-electron chi connectivity index (χ1n) is 7.04. The van der Waals surface area contributed by atoms with Crippen molar-refractivity contribution in [3.63, 3.8) is 0 Å². The van der Waals surface area contributed by atoms with Crippen LogP contribution in [0.25, 0.3) is 0 Å². The number of fused-ring (bicyclic) bond motifs is 2. The first-order valence-corrected chi connectivity index (χ1v) is 7.04. The highest BCUT2D eigenvalue weighted by Crippen LogP contribution is 2.40. The molecule has 1 saturated carbocycles.